The molecule has 0 radical (unpaired) electrons. The van der Waals surface area contributed by atoms with E-state index >= 15 is 0 Å². The molecule has 0 saturated heterocycles. The Bertz CT molecular complexity index is 1060. The number of aryl methyl sites for hydroxylation is 2. The molecule has 1 aliphatic heterocycles. The van der Waals surface area contributed by atoms with E-state index in [1.165, 1.54) is 5.56 Å². The summed E-state index contributed by atoms with van der Waals surface area (Å²) in [5.41, 5.74) is 6.09. The molecule has 1 heterocycles. The summed E-state index contributed by atoms with van der Waals surface area (Å²) >= 11 is 0. The molecule has 1 N–H and O–H groups in total. The fraction of sp³-hybridized carbons (Fsp3) is 0.231. The SMILES string of the molecule is Cc1cccc(C(=O)N2CCc3ccc(CNC(=O)CCc4ccccc4)cc32)c1. The van der Waals surface area contributed by atoms with Gasteiger partial charge in [-0.2, -0.15) is 0 Å². The average molecular weight is 399 g/mol. The van der Waals surface area contributed by atoms with E-state index in [4.69, 9.17) is 0 Å². The molecule has 3 aromatic rings. The normalized spacial score (nSPS) is 12.5. The predicted octanol–water partition coefficient (Wildman–Crippen LogP) is 4.45. The smallest absolute Gasteiger partial charge is 0.258 e. The highest BCUT2D eigenvalue weighted by atomic mass is 16.2. The first-order chi connectivity index (χ1) is 14.6. The van der Waals surface area contributed by atoms with Crippen molar-refractivity contribution < 1.29 is 9.59 Å². The van der Waals surface area contributed by atoms with Gasteiger partial charge in [0.1, 0.15) is 0 Å². The van der Waals surface area contributed by atoms with Gasteiger partial charge in [-0.05, 0) is 54.7 Å². The molecule has 4 rings (SSSR count). The largest absolute Gasteiger partial charge is 0.352 e. The molecule has 2 amide bonds. The van der Waals surface area contributed by atoms with Crippen molar-refractivity contribution in [2.75, 3.05) is 11.4 Å². The highest BCUT2D eigenvalue weighted by molar-refractivity contribution is 6.07. The number of hydrogen-bond acceptors (Lipinski definition) is 2. The first-order valence-electron chi connectivity index (χ1n) is 10.4. The van der Waals surface area contributed by atoms with Crippen LogP contribution in [0, 0.1) is 6.92 Å². The van der Waals surface area contributed by atoms with E-state index in [0.717, 1.165) is 35.2 Å². The van der Waals surface area contributed by atoms with Gasteiger partial charge in [-0.25, -0.2) is 0 Å². The van der Waals surface area contributed by atoms with E-state index in [9.17, 15) is 9.59 Å². The van der Waals surface area contributed by atoms with Crippen LogP contribution in [0.25, 0.3) is 0 Å². The Morgan fingerprint density at radius 2 is 1.77 bits per heavy atom. The van der Waals surface area contributed by atoms with Gasteiger partial charge in [-0.15, -0.1) is 0 Å². The van der Waals surface area contributed by atoms with E-state index in [0.29, 0.717) is 25.1 Å². The van der Waals surface area contributed by atoms with E-state index in [2.05, 4.69) is 11.4 Å². The molecule has 0 bridgehead atoms. The van der Waals surface area contributed by atoms with Crippen molar-refractivity contribution in [3.63, 3.8) is 0 Å². The quantitative estimate of drug-likeness (QED) is 0.667. The summed E-state index contributed by atoms with van der Waals surface area (Å²) < 4.78 is 0. The number of amides is 2. The molecular formula is C26H26N2O2. The van der Waals surface area contributed by atoms with Crippen molar-refractivity contribution in [3.05, 3.63) is 101 Å². The minimum atomic E-state index is 0.0292. The number of anilines is 1. The Morgan fingerprint density at radius 3 is 2.57 bits per heavy atom. The summed E-state index contributed by atoms with van der Waals surface area (Å²) in [6.07, 6.45) is 2.05. The van der Waals surface area contributed by atoms with Crippen LogP contribution in [0.5, 0.6) is 0 Å². The van der Waals surface area contributed by atoms with E-state index in [1.54, 1.807) is 0 Å². The minimum absolute atomic E-state index is 0.0292. The van der Waals surface area contributed by atoms with Gasteiger partial charge in [0.15, 0.2) is 0 Å². The van der Waals surface area contributed by atoms with Gasteiger partial charge in [0, 0.05) is 30.8 Å². The lowest BCUT2D eigenvalue weighted by molar-refractivity contribution is -0.121. The number of carbonyl (C=O) groups excluding carboxylic acids is 2. The number of benzene rings is 3. The standard InChI is InChI=1S/C26H26N2O2/c1-19-6-5-9-23(16-19)26(30)28-15-14-22-12-10-21(17-24(22)28)18-27-25(29)13-11-20-7-3-2-4-8-20/h2-10,12,16-17H,11,13-15,18H2,1H3,(H,27,29). The molecular weight excluding hydrogens is 372 g/mol. The van der Waals surface area contributed by atoms with Crippen LogP contribution >= 0.6 is 0 Å². The summed E-state index contributed by atoms with van der Waals surface area (Å²) in [6.45, 7) is 3.15. The van der Waals surface area contributed by atoms with Gasteiger partial charge in [-0.3, -0.25) is 9.59 Å². The molecule has 0 saturated carbocycles. The van der Waals surface area contributed by atoms with Crippen LogP contribution in [0.4, 0.5) is 5.69 Å². The second kappa shape index (κ2) is 8.95. The van der Waals surface area contributed by atoms with E-state index in [-0.39, 0.29) is 11.8 Å². The Morgan fingerprint density at radius 1 is 0.933 bits per heavy atom. The summed E-state index contributed by atoms with van der Waals surface area (Å²) in [5, 5.41) is 3.00. The lowest BCUT2D eigenvalue weighted by atomic mass is 10.1. The van der Waals surface area contributed by atoms with Crippen molar-refractivity contribution in [1.29, 1.82) is 0 Å². The third-order valence-corrected chi connectivity index (χ3v) is 5.53. The maximum absolute atomic E-state index is 13.0. The fourth-order valence-corrected chi connectivity index (χ4v) is 3.87. The summed E-state index contributed by atoms with van der Waals surface area (Å²) in [7, 11) is 0. The Labute approximate surface area is 177 Å². The first kappa shape index (κ1) is 19.9. The number of nitrogens with one attached hydrogen (secondary N) is 1. The number of fused-ring (bicyclic) bond motifs is 1. The van der Waals surface area contributed by atoms with Crippen LogP contribution in [0.3, 0.4) is 0 Å². The van der Waals surface area contributed by atoms with Crippen LogP contribution in [-0.4, -0.2) is 18.4 Å². The van der Waals surface area contributed by atoms with Gasteiger partial charge in [-0.1, -0.05) is 60.2 Å². The maximum Gasteiger partial charge on any atom is 0.258 e. The van der Waals surface area contributed by atoms with Gasteiger partial charge in [0.2, 0.25) is 5.91 Å². The van der Waals surface area contributed by atoms with Crippen LogP contribution < -0.4 is 10.2 Å². The van der Waals surface area contributed by atoms with Crippen molar-refractivity contribution >= 4 is 17.5 Å². The molecule has 0 aromatic heterocycles. The molecule has 0 aliphatic carbocycles. The zero-order valence-electron chi connectivity index (χ0n) is 17.2. The van der Waals surface area contributed by atoms with Crippen LogP contribution in [0.1, 0.15) is 39.0 Å². The lowest BCUT2D eigenvalue weighted by Crippen LogP contribution is -2.29. The monoisotopic (exact) mass is 398 g/mol. The van der Waals surface area contributed by atoms with Crippen LogP contribution in [-0.2, 0) is 24.2 Å². The predicted molar refractivity (Wildman–Crippen MR) is 120 cm³/mol. The van der Waals surface area contributed by atoms with Crippen molar-refractivity contribution in [1.82, 2.24) is 5.32 Å². The number of rotatable bonds is 6. The zero-order valence-corrected chi connectivity index (χ0v) is 17.2. The Balaban J connectivity index is 1.39. The highest BCUT2D eigenvalue weighted by Crippen LogP contribution is 2.30. The molecule has 152 valence electrons. The van der Waals surface area contributed by atoms with Gasteiger partial charge < -0.3 is 10.2 Å². The van der Waals surface area contributed by atoms with Crippen molar-refractivity contribution in [2.24, 2.45) is 0 Å². The maximum atomic E-state index is 13.0. The molecule has 4 heteroatoms. The number of nitrogens with zero attached hydrogens (tertiary/aromatic N) is 1. The summed E-state index contributed by atoms with van der Waals surface area (Å²) in [4.78, 5) is 27.1. The highest BCUT2D eigenvalue weighted by Gasteiger charge is 2.25. The number of hydrogen-bond donors (Lipinski definition) is 1. The molecule has 0 spiro atoms. The van der Waals surface area contributed by atoms with Crippen molar-refractivity contribution in [2.45, 2.75) is 32.7 Å². The Kier molecular flexibility index (Phi) is 5.94. The van der Waals surface area contributed by atoms with E-state index in [1.807, 2.05) is 78.6 Å². The molecule has 1 aliphatic rings. The second-order valence-electron chi connectivity index (χ2n) is 7.80. The minimum Gasteiger partial charge on any atom is -0.352 e. The van der Waals surface area contributed by atoms with Gasteiger partial charge in [0.25, 0.3) is 5.91 Å². The van der Waals surface area contributed by atoms with Crippen LogP contribution in [0.15, 0.2) is 72.8 Å². The molecule has 3 aromatic carbocycles. The van der Waals surface area contributed by atoms with Crippen LogP contribution in [0.2, 0.25) is 0 Å². The van der Waals surface area contributed by atoms with Gasteiger partial charge in [0.05, 0.1) is 0 Å². The zero-order chi connectivity index (χ0) is 20.9. The summed E-state index contributed by atoms with van der Waals surface area (Å²) in [6, 6.07) is 23.9. The molecule has 0 unspecified atom stereocenters. The first-order valence-corrected chi connectivity index (χ1v) is 10.4. The fourth-order valence-electron chi connectivity index (χ4n) is 3.87. The molecule has 4 nitrogen and oxygen atoms in total. The average Bonchev–Trinajstić information content (AvgIpc) is 3.19. The second-order valence-corrected chi connectivity index (χ2v) is 7.80. The molecule has 0 fully saturated rings. The third-order valence-electron chi connectivity index (χ3n) is 5.53. The van der Waals surface area contributed by atoms with E-state index < -0.39 is 0 Å². The summed E-state index contributed by atoms with van der Waals surface area (Å²) in [5.74, 6) is 0.0635. The third kappa shape index (κ3) is 4.60. The molecule has 30 heavy (non-hydrogen) atoms. The lowest BCUT2D eigenvalue weighted by Gasteiger charge is -2.18. The Hall–Kier alpha value is -3.40. The van der Waals surface area contributed by atoms with Crippen molar-refractivity contribution in [3.8, 4) is 0 Å². The topological polar surface area (TPSA) is 49.4 Å². The number of carbonyl (C=O) groups is 2. The molecule has 0 atom stereocenters. The van der Waals surface area contributed by atoms with Gasteiger partial charge >= 0.3 is 0 Å².